The highest BCUT2D eigenvalue weighted by Gasteiger charge is 2.20. The maximum absolute atomic E-state index is 12.3. The van der Waals surface area contributed by atoms with Crippen LogP contribution in [0.3, 0.4) is 0 Å². The second-order valence-corrected chi connectivity index (χ2v) is 8.16. The predicted molar refractivity (Wildman–Crippen MR) is 83.5 cm³/mol. The SMILES string of the molecule is CNCc1sccc1S(=O)(=O)NCCC1CCCCC1. The van der Waals surface area contributed by atoms with Crippen LogP contribution in [0.2, 0.25) is 0 Å². The molecule has 2 N–H and O–H groups in total. The third kappa shape index (κ3) is 4.28. The van der Waals surface area contributed by atoms with Crippen molar-refractivity contribution in [3.8, 4) is 0 Å². The Hall–Kier alpha value is -0.430. The van der Waals surface area contributed by atoms with Crippen LogP contribution in [0.15, 0.2) is 16.3 Å². The van der Waals surface area contributed by atoms with Gasteiger partial charge in [-0.15, -0.1) is 11.3 Å². The van der Waals surface area contributed by atoms with Crippen LogP contribution in [0.4, 0.5) is 0 Å². The standard InChI is InChI=1S/C14H24N2O2S2/c1-15-11-13-14(8-10-19-13)20(17,18)16-9-7-12-5-3-2-4-6-12/h8,10,12,15-16H,2-7,9,11H2,1H3. The molecule has 0 amide bonds. The minimum Gasteiger partial charge on any atom is -0.315 e. The smallest absolute Gasteiger partial charge is 0.241 e. The van der Waals surface area contributed by atoms with Gasteiger partial charge in [-0.3, -0.25) is 0 Å². The molecule has 6 heteroatoms. The summed E-state index contributed by atoms with van der Waals surface area (Å²) in [7, 11) is -1.52. The molecule has 1 saturated carbocycles. The van der Waals surface area contributed by atoms with Crippen molar-refractivity contribution in [2.45, 2.75) is 50.0 Å². The Labute approximate surface area is 126 Å². The molecule has 1 heterocycles. The first kappa shape index (κ1) is 15.9. The zero-order valence-corrected chi connectivity index (χ0v) is 13.7. The monoisotopic (exact) mass is 316 g/mol. The van der Waals surface area contributed by atoms with E-state index in [0.717, 1.165) is 11.3 Å². The summed E-state index contributed by atoms with van der Waals surface area (Å²) >= 11 is 1.48. The van der Waals surface area contributed by atoms with Crippen LogP contribution in [0.25, 0.3) is 0 Å². The fourth-order valence-corrected chi connectivity index (χ4v) is 5.31. The summed E-state index contributed by atoms with van der Waals surface area (Å²) in [4.78, 5) is 1.30. The molecule has 1 aromatic rings. The number of hydrogen-bond donors (Lipinski definition) is 2. The Morgan fingerprint density at radius 2 is 2.05 bits per heavy atom. The van der Waals surface area contributed by atoms with E-state index in [1.165, 1.54) is 43.4 Å². The molecule has 0 aromatic carbocycles. The van der Waals surface area contributed by atoms with Crippen molar-refractivity contribution in [2.75, 3.05) is 13.6 Å². The average molecular weight is 316 g/mol. The number of sulfonamides is 1. The van der Waals surface area contributed by atoms with Gasteiger partial charge in [0, 0.05) is 18.0 Å². The molecule has 0 aliphatic heterocycles. The van der Waals surface area contributed by atoms with Crippen molar-refractivity contribution in [3.63, 3.8) is 0 Å². The van der Waals surface area contributed by atoms with Gasteiger partial charge in [-0.2, -0.15) is 0 Å². The van der Waals surface area contributed by atoms with Crippen molar-refractivity contribution < 1.29 is 8.42 Å². The lowest BCUT2D eigenvalue weighted by molar-refractivity contribution is 0.339. The number of thiophene rings is 1. The van der Waals surface area contributed by atoms with E-state index >= 15 is 0 Å². The summed E-state index contributed by atoms with van der Waals surface area (Å²) < 4.78 is 27.4. The normalized spacial score (nSPS) is 17.4. The average Bonchev–Trinajstić information content (AvgIpc) is 2.89. The molecule has 4 nitrogen and oxygen atoms in total. The van der Waals surface area contributed by atoms with Gasteiger partial charge in [0.1, 0.15) is 0 Å². The highest BCUT2D eigenvalue weighted by Crippen LogP contribution is 2.26. The van der Waals surface area contributed by atoms with Gasteiger partial charge in [-0.05, 0) is 30.8 Å². The molecule has 0 spiro atoms. The van der Waals surface area contributed by atoms with Crippen molar-refractivity contribution in [1.82, 2.24) is 10.0 Å². The van der Waals surface area contributed by atoms with Crippen molar-refractivity contribution in [1.29, 1.82) is 0 Å². The summed E-state index contributed by atoms with van der Waals surface area (Å²) in [5.41, 5.74) is 0. The Kier molecular flexibility index (Phi) is 6.01. The first-order valence-electron chi connectivity index (χ1n) is 7.34. The molecule has 0 unspecified atom stereocenters. The largest absolute Gasteiger partial charge is 0.315 e. The number of hydrogen-bond acceptors (Lipinski definition) is 4. The summed E-state index contributed by atoms with van der Waals surface area (Å²) in [6.45, 7) is 1.15. The molecule has 20 heavy (non-hydrogen) atoms. The van der Waals surface area contributed by atoms with Gasteiger partial charge in [0.15, 0.2) is 0 Å². The second-order valence-electron chi connectivity index (χ2n) is 5.43. The fourth-order valence-electron chi connectivity index (χ4n) is 2.81. The quantitative estimate of drug-likeness (QED) is 0.813. The molecule has 0 bridgehead atoms. The van der Waals surface area contributed by atoms with Gasteiger partial charge in [0.05, 0.1) is 4.90 Å². The first-order valence-corrected chi connectivity index (χ1v) is 9.70. The van der Waals surface area contributed by atoms with Gasteiger partial charge >= 0.3 is 0 Å². The van der Waals surface area contributed by atoms with Crippen LogP contribution in [0, 0.1) is 5.92 Å². The molecular formula is C14H24N2O2S2. The van der Waals surface area contributed by atoms with Crippen LogP contribution < -0.4 is 10.0 Å². The lowest BCUT2D eigenvalue weighted by atomic mass is 9.87. The molecule has 2 rings (SSSR count). The molecule has 114 valence electrons. The van der Waals surface area contributed by atoms with Crippen molar-refractivity contribution >= 4 is 21.4 Å². The summed E-state index contributed by atoms with van der Waals surface area (Å²) in [5, 5.41) is 4.84. The highest BCUT2D eigenvalue weighted by atomic mass is 32.2. The molecule has 1 aromatic heterocycles. The molecule has 0 saturated heterocycles. The topological polar surface area (TPSA) is 58.2 Å². The van der Waals surface area contributed by atoms with Crippen LogP contribution in [-0.4, -0.2) is 22.0 Å². The van der Waals surface area contributed by atoms with Gasteiger partial charge in [-0.1, -0.05) is 32.1 Å². The molecular weight excluding hydrogens is 292 g/mol. The van der Waals surface area contributed by atoms with E-state index in [1.807, 2.05) is 12.4 Å². The van der Waals surface area contributed by atoms with Gasteiger partial charge in [-0.25, -0.2) is 13.1 Å². The van der Waals surface area contributed by atoms with E-state index < -0.39 is 10.0 Å². The molecule has 0 radical (unpaired) electrons. The van der Waals surface area contributed by atoms with Crippen LogP contribution in [0.1, 0.15) is 43.4 Å². The highest BCUT2D eigenvalue weighted by molar-refractivity contribution is 7.89. The Morgan fingerprint density at radius 3 is 2.75 bits per heavy atom. The van der Waals surface area contributed by atoms with E-state index in [1.54, 1.807) is 6.07 Å². The minimum absolute atomic E-state index is 0.431. The lowest BCUT2D eigenvalue weighted by Gasteiger charge is -2.21. The summed E-state index contributed by atoms with van der Waals surface area (Å²) in [5.74, 6) is 0.700. The van der Waals surface area contributed by atoms with Crippen LogP contribution in [0.5, 0.6) is 0 Å². The minimum atomic E-state index is -3.35. The molecule has 1 fully saturated rings. The maximum atomic E-state index is 12.3. The second kappa shape index (κ2) is 7.54. The third-order valence-corrected chi connectivity index (χ3v) is 6.50. The molecule has 1 aliphatic rings. The van der Waals surface area contributed by atoms with E-state index in [2.05, 4.69) is 10.0 Å². The molecule has 1 aliphatic carbocycles. The lowest BCUT2D eigenvalue weighted by Crippen LogP contribution is -2.27. The van der Waals surface area contributed by atoms with E-state index in [0.29, 0.717) is 23.9 Å². The van der Waals surface area contributed by atoms with Crippen molar-refractivity contribution in [2.24, 2.45) is 5.92 Å². The van der Waals surface area contributed by atoms with E-state index in [9.17, 15) is 8.42 Å². The predicted octanol–water partition coefficient (Wildman–Crippen LogP) is 2.72. The fraction of sp³-hybridized carbons (Fsp3) is 0.714. The third-order valence-electron chi connectivity index (χ3n) is 3.90. The maximum Gasteiger partial charge on any atom is 0.241 e. The summed E-state index contributed by atoms with van der Waals surface area (Å²) in [6, 6.07) is 1.69. The van der Waals surface area contributed by atoms with Gasteiger partial charge in [0.2, 0.25) is 10.0 Å². The Balaban J connectivity index is 1.88. The van der Waals surface area contributed by atoms with Gasteiger partial charge in [0.25, 0.3) is 0 Å². The van der Waals surface area contributed by atoms with E-state index in [-0.39, 0.29) is 0 Å². The zero-order chi connectivity index (χ0) is 14.4. The Bertz CT molecular complexity index is 505. The molecule has 0 atom stereocenters. The number of nitrogens with one attached hydrogen (secondary N) is 2. The number of rotatable bonds is 7. The van der Waals surface area contributed by atoms with Crippen LogP contribution in [-0.2, 0) is 16.6 Å². The zero-order valence-electron chi connectivity index (χ0n) is 12.0. The summed E-state index contributed by atoms with van der Waals surface area (Å²) in [6.07, 6.45) is 7.41. The van der Waals surface area contributed by atoms with Crippen molar-refractivity contribution in [3.05, 3.63) is 16.3 Å². The van der Waals surface area contributed by atoms with Gasteiger partial charge < -0.3 is 5.32 Å². The van der Waals surface area contributed by atoms with E-state index in [4.69, 9.17) is 0 Å². The van der Waals surface area contributed by atoms with Crippen LogP contribution >= 0.6 is 11.3 Å². The first-order chi connectivity index (χ1) is 9.63. The Morgan fingerprint density at radius 1 is 1.30 bits per heavy atom.